The molecule has 210 valence electrons. The van der Waals surface area contributed by atoms with E-state index in [0.717, 1.165) is 13.1 Å². The average molecular weight is 553 g/mol. The maximum atomic E-state index is 2.56. The summed E-state index contributed by atoms with van der Waals surface area (Å²) in [4.78, 5) is 0. The van der Waals surface area contributed by atoms with Gasteiger partial charge in [-0.1, -0.05) is 72.8 Å². The summed E-state index contributed by atoms with van der Waals surface area (Å²) in [5, 5.41) is 0. The Morgan fingerprint density at radius 2 is 0.833 bits per heavy atom. The summed E-state index contributed by atoms with van der Waals surface area (Å²) < 4.78 is 10.00. The van der Waals surface area contributed by atoms with Gasteiger partial charge in [-0.05, 0) is 74.2 Å². The first-order chi connectivity index (χ1) is 20.5. The predicted molar refractivity (Wildman–Crippen MR) is 169 cm³/mol. The number of rotatable bonds is 6. The van der Waals surface area contributed by atoms with Gasteiger partial charge in [0.05, 0.1) is 25.2 Å². The molecule has 2 unspecified atom stereocenters. The minimum absolute atomic E-state index is 0.375. The minimum atomic E-state index is 0.375. The maximum absolute atomic E-state index is 2.56. The molecule has 0 amide bonds. The van der Waals surface area contributed by atoms with E-state index in [2.05, 4.69) is 156 Å². The number of imidazole rings is 2. The van der Waals surface area contributed by atoms with Gasteiger partial charge in [0.2, 0.25) is 12.7 Å². The molecule has 0 fully saturated rings. The van der Waals surface area contributed by atoms with Crippen molar-refractivity contribution < 1.29 is 9.13 Å². The Morgan fingerprint density at radius 3 is 1.19 bits per heavy atom. The van der Waals surface area contributed by atoms with Crippen LogP contribution in [0.4, 0.5) is 0 Å². The van der Waals surface area contributed by atoms with Crippen molar-refractivity contribution in [1.82, 2.24) is 9.13 Å². The van der Waals surface area contributed by atoms with Gasteiger partial charge in [0.25, 0.3) is 0 Å². The number of para-hydroxylation sites is 4. The molecule has 4 nitrogen and oxygen atoms in total. The van der Waals surface area contributed by atoms with Crippen LogP contribution in [0, 0.1) is 11.8 Å². The van der Waals surface area contributed by atoms with Crippen LogP contribution < -0.4 is 9.13 Å². The van der Waals surface area contributed by atoms with Gasteiger partial charge in [-0.15, -0.1) is 0 Å². The molecule has 2 bridgehead atoms. The summed E-state index contributed by atoms with van der Waals surface area (Å²) in [7, 11) is 0. The molecular formula is C38H40N4+2. The molecule has 0 spiro atoms. The van der Waals surface area contributed by atoms with Gasteiger partial charge in [-0.3, -0.25) is 0 Å². The Bertz CT molecular complexity index is 1750. The molecule has 4 heteroatoms. The molecule has 3 aliphatic rings. The summed E-state index contributed by atoms with van der Waals surface area (Å²) in [6.45, 7) is 11.1. The van der Waals surface area contributed by atoms with E-state index in [1.54, 1.807) is 0 Å². The van der Waals surface area contributed by atoms with Crippen molar-refractivity contribution in [3.63, 3.8) is 0 Å². The fourth-order valence-electron chi connectivity index (χ4n) is 8.36. The van der Waals surface area contributed by atoms with E-state index in [1.165, 1.54) is 44.3 Å². The number of hydrogen-bond donors (Lipinski definition) is 0. The smallest absolute Gasteiger partial charge is 0.230 e. The highest BCUT2D eigenvalue weighted by Gasteiger charge is 2.51. The highest BCUT2D eigenvalue weighted by molar-refractivity contribution is 5.72. The lowest BCUT2D eigenvalue weighted by molar-refractivity contribution is -0.697. The van der Waals surface area contributed by atoms with Crippen LogP contribution >= 0.6 is 0 Å². The zero-order chi connectivity index (χ0) is 28.5. The molecule has 0 N–H and O–H groups in total. The second kappa shape index (κ2) is 9.69. The third-order valence-electron chi connectivity index (χ3n) is 10.1. The fourth-order valence-corrected chi connectivity index (χ4v) is 8.36. The Balaban J connectivity index is 1.32. The maximum Gasteiger partial charge on any atom is 0.244 e. The van der Waals surface area contributed by atoms with E-state index in [0.29, 0.717) is 35.8 Å². The zero-order valence-electron chi connectivity index (χ0n) is 25.1. The molecule has 3 aliphatic carbocycles. The third-order valence-corrected chi connectivity index (χ3v) is 10.1. The lowest BCUT2D eigenvalue weighted by Crippen LogP contribution is -2.52. The highest BCUT2D eigenvalue weighted by Crippen LogP contribution is 2.58. The van der Waals surface area contributed by atoms with Crippen molar-refractivity contribution >= 4 is 22.1 Å². The second-order valence-corrected chi connectivity index (χ2v) is 13.1. The molecule has 0 radical (unpaired) electrons. The topological polar surface area (TPSA) is 17.6 Å². The van der Waals surface area contributed by atoms with E-state index in [4.69, 9.17) is 0 Å². The van der Waals surface area contributed by atoms with Gasteiger partial charge in [-0.2, -0.15) is 0 Å². The van der Waals surface area contributed by atoms with Crippen LogP contribution in [0.3, 0.4) is 0 Å². The third kappa shape index (κ3) is 3.74. The van der Waals surface area contributed by atoms with Crippen LogP contribution in [0.5, 0.6) is 0 Å². The number of benzene rings is 4. The first-order valence-corrected chi connectivity index (χ1v) is 15.7. The second-order valence-electron chi connectivity index (χ2n) is 13.1. The van der Waals surface area contributed by atoms with Crippen LogP contribution in [0.15, 0.2) is 110 Å². The summed E-state index contributed by atoms with van der Waals surface area (Å²) in [5.41, 5.74) is 11.4. The van der Waals surface area contributed by atoms with Crippen LogP contribution in [0.2, 0.25) is 0 Å². The largest absolute Gasteiger partial charge is 0.244 e. The highest BCUT2D eigenvalue weighted by atomic mass is 15.2. The Morgan fingerprint density at radius 1 is 0.500 bits per heavy atom. The molecule has 0 saturated heterocycles. The summed E-state index contributed by atoms with van der Waals surface area (Å²) >= 11 is 0. The normalized spacial score (nSPS) is 21.0. The van der Waals surface area contributed by atoms with Crippen molar-refractivity contribution in [3.8, 4) is 0 Å². The van der Waals surface area contributed by atoms with Gasteiger partial charge in [0, 0.05) is 23.7 Å². The standard InChI is InChI=1S/C38H40N4/c1-25(2)41-23-39(33-17-9-11-19-35(33)41)21-31-32(22-40-24-42(26(3)4)36-20-12-10-18-34(36)40)38-29-15-7-5-13-27(29)37(31)28-14-6-8-16-30(28)38/h5-20,23-26,31-32,37-38H,21-22H2,1-4H3/q+2. The number of aromatic nitrogens is 4. The van der Waals surface area contributed by atoms with E-state index in [1.807, 2.05) is 0 Å². The van der Waals surface area contributed by atoms with Crippen LogP contribution in [0.1, 0.15) is 73.9 Å². The molecule has 9 rings (SSSR count). The van der Waals surface area contributed by atoms with Gasteiger partial charge in [0.1, 0.15) is 0 Å². The summed E-state index contributed by atoms with van der Waals surface area (Å²) in [6.07, 6.45) is 4.76. The Labute approximate surface area is 248 Å². The molecular weight excluding hydrogens is 512 g/mol. The molecule has 2 atom stereocenters. The SMILES string of the molecule is CC(C)n1c[n+](CC2C3c4ccccc4C(c4ccccc43)C2C[n+]2cn(C(C)C)c3ccccc32)c2ccccc21. The lowest BCUT2D eigenvalue weighted by Gasteiger charge is -2.49. The van der Waals surface area contributed by atoms with Gasteiger partial charge in [-0.25, -0.2) is 18.3 Å². The fraction of sp³-hybridized carbons (Fsp3) is 0.316. The van der Waals surface area contributed by atoms with Crippen molar-refractivity contribution in [2.75, 3.05) is 0 Å². The van der Waals surface area contributed by atoms with Crippen molar-refractivity contribution in [2.24, 2.45) is 11.8 Å². The van der Waals surface area contributed by atoms with Gasteiger partial charge < -0.3 is 0 Å². The van der Waals surface area contributed by atoms with E-state index in [-0.39, 0.29) is 0 Å². The number of fused-ring (bicyclic) bond motifs is 3. The average Bonchev–Trinajstić information content (AvgIpc) is 3.57. The molecule has 6 aromatic rings. The predicted octanol–water partition coefficient (Wildman–Crippen LogP) is 7.56. The van der Waals surface area contributed by atoms with Crippen LogP contribution in [-0.2, 0) is 13.1 Å². The van der Waals surface area contributed by atoms with Crippen molar-refractivity contribution in [2.45, 2.75) is 64.7 Å². The monoisotopic (exact) mass is 552 g/mol. The molecule has 4 aromatic carbocycles. The summed E-state index contributed by atoms with van der Waals surface area (Å²) in [6, 6.07) is 37.3. The van der Waals surface area contributed by atoms with Crippen LogP contribution in [0.25, 0.3) is 22.1 Å². The summed E-state index contributed by atoms with van der Waals surface area (Å²) in [5.74, 6) is 1.68. The zero-order valence-corrected chi connectivity index (χ0v) is 25.1. The van der Waals surface area contributed by atoms with E-state index >= 15 is 0 Å². The van der Waals surface area contributed by atoms with Crippen molar-refractivity contribution in [1.29, 1.82) is 0 Å². The Hall–Kier alpha value is -4.18. The minimum Gasteiger partial charge on any atom is -0.230 e. The van der Waals surface area contributed by atoms with Crippen LogP contribution in [-0.4, -0.2) is 9.13 Å². The van der Waals surface area contributed by atoms with Gasteiger partial charge in [0.15, 0.2) is 22.1 Å². The molecule has 2 aromatic heterocycles. The first-order valence-electron chi connectivity index (χ1n) is 15.7. The van der Waals surface area contributed by atoms with Gasteiger partial charge >= 0.3 is 0 Å². The van der Waals surface area contributed by atoms with E-state index < -0.39 is 0 Å². The molecule has 0 aliphatic heterocycles. The molecule has 2 heterocycles. The Kier molecular flexibility index (Phi) is 5.89. The molecule has 42 heavy (non-hydrogen) atoms. The van der Waals surface area contributed by atoms with E-state index in [9.17, 15) is 0 Å². The number of hydrogen-bond acceptors (Lipinski definition) is 0. The molecule has 0 saturated carbocycles. The number of nitrogens with zero attached hydrogens (tertiary/aromatic N) is 4. The lowest BCUT2D eigenvalue weighted by atomic mass is 9.54. The quantitative estimate of drug-likeness (QED) is 0.190. The van der Waals surface area contributed by atoms with Crippen molar-refractivity contribution in [3.05, 3.63) is 132 Å². The first kappa shape index (κ1) is 25.5.